The first kappa shape index (κ1) is 17.9. The molecule has 0 aliphatic heterocycles. The van der Waals surface area contributed by atoms with Crippen LogP contribution in [0.15, 0.2) is 42.5 Å². The predicted octanol–water partition coefficient (Wildman–Crippen LogP) is 1.88. The lowest BCUT2D eigenvalue weighted by atomic mass is 10.1. The third kappa shape index (κ3) is 5.00. The number of phenols is 4. The number of hydrogen-bond acceptors (Lipinski definition) is 7. The van der Waals surface area contributed by atoms with E-state index < -0.39 is 12.1 Å². The van der Waals surface area contributed by atoms with Crippen LogP contribution in [0.5, 0.6) is 23.0 Å². The highest BCUT2D eigenvalue weighted by atomic mass is 16.5. The van der Waals surface area contributed by atoms with Gasteiger partial charge in [-0.1, -0.05) is 12.1 Å². The molecule has 0 aromatic heterocycles. The van der Waals surface area contributed by atoms with Crippen molar-refractivity contribution in [3.8, 4) is 23.0 Å². The van der Waals surface area contributed by atoms with E-state index in [1.54, 1.807) is 0 Å². The molecule has 4 N–H and O–H groups in total. The summed E-state index contributed by atoms with van der Waals surface area (Å²) >= 11 is 0. The molecule has 2 rings (SSSR count). The summed E-state index contributed by atoms with van der Waals surface area (Å²) < 4.78 is 5.00. The normalized spacial score (nSPS) is 12.0. The maximum Gasteiger partial charge on any atom is 0.331 e. The number of benzene rings is 2. The second kappa shape index (κ2) is 7.87. The fourth-order valence-electron chi connectivity index (χ4n) is 2.04. The summed E-state index contributed by atoms with van der Waals surface area (Å²) in [6.45, 7) is 0. The van der Waals surface area contributed by atoms with Gasteiger partial charge in [0, 0.05) is 12.5 Å². The second-order valence-corrected chi connectivity index (χ2v) is 5.22. The standard InChI is InChI=1S/C18H16O7/c19-10-13(7-12-2-5-15(21)17(23)9-12)25-18(24)6-3-11-1-4-14(20)16(22)8-11/h1-6,8-10,13,20-23H,7H2/b6-3+. The fraction of sp³-hybridized carbons (Fsp3) is 0.111. The minimum atomic E-state index is -1.06. The molecule has 1 atom stereocenters. The Kier molecular flexibility index (Phi) is 5.62. The molecule has 0 radical (unpaired) electrons. The van der Waals surface area contributed by atoms with Crippen LogP contribution in [0.1, 0.15) is 11.1 Å². The molecule has 0 fully saturated rings. The van der Waals surface area contributed by atoms with Crippen LogP contribution in [0.4, 0.5) is 0 Å². The molecule has 1 unspecified atom stereocenters. The minimum Gasteiger partial charge on any atom is -0.504 e. The van der Waals surface area contributed by atoms with Crippen LogP contribution >= 0.6 is 0 Å². The summed E-state index contributed by atoms with van der Waals surface area (Å²) in [4.78, 5) is 22.9. The lowest BCUT2D eigenvalue weighted by Gasteiger charge is -2.11. The average Bonchev–Trinajstić information content (AvgIpc) is 2.58. The number of hydrogen-bond donors (Lipinski definition) is 4. The van der Waals surface area contributed by atoms with E-state index in [-0.39, 0.29) is 29.4 Å². The monoisotopic (exact) mass is 344 g/mol. The van der Waals surface area contributed by atoms with Gasteiger partial charge in [-0.3, -0.25) is 4.79 Å². The maximum atomic E-state index is 11.8. The molecule has 7 nitrogen and oxygen atoms in total. The Balaban J connectivity index is 1.98. The van der Waals surface area contributed by atoms with Crippen molar-refractivity contribution in [3.05, 3.63) is 53.6 Å². The van der Waals surface area contributed by atoms with Crippen molar-refractivity contribution in [1.29, 1.82) is 0 Å². The molecule has 25 heavy (non-hydrogen) atoms. The molecule has 2 aromatic carbocycles. The van der Waals surface area contributed by atoms with Gasteiger partial charge in [-0.15, -0.1) is 0 Å². The quantitative estimate of drug-likeness (QED) is 0.273. The zero-order chi connectivity index (χ0) is 18.4. The molecule has 130 valence electrons. The highest BCUT2D eigenvalue weighted by molar-refractivity contribution is 5.88. The van der Waals surface area contributed by atoms with Crippen LogP contribution in [0.25, 0.3) is 6.08 Å². The summed E-state index contributed by atoms with van der Waals surface area (Å²) in [5, 5.41) is 37.3. The molecular weight excluding hydrogens is 328 g/mol. The van der Waals surface area contributed by atoms with Crippen LogP contribution in [-0.4, -0.2) is 38.8 Å². The molecule has 0 amide bonds. The van der Waals surface area contributed by atoms with Crippen molar-refractivity contribution >= 4 is 18.3 Å². The van der Waals surface area contributed by atoms with Gasteiger partial charge in [-0.05, 0) is 41.5 Å². The summed E-state index contributed by atoms with van der Waals surface area (Å²) in [5.41, 5.74) is 0.964. The van der Waals surface area contributed by atoms with Crippen molar-refractivity contribution in [2.75, 3.05) is 0 Å². The van der Waals surface area contributed by atoms with Crippen LogP contribution < -0.4 is 0 Å². The Morgan fingerprint density at radius 3 is 2.20 bits per heavy atom. The van der Waals surface area contributed by atoms with E-state index in [2.05, 4.69) is 0 Å². The summed E-state index contributed by atoms with van der Waals surface area (Å²) in [5.74, 6) is -2.00. The Morgan fingerprint density at radius 2 is 1.60 bits per heavy atom. The van der Waals surface area contributed by atoms with Gasteiger partial charge in [0.1, 0.15) is 0 Å². The SMILES string of the molecule is O=CC(Cc1ccc(O)c(O)c1)OC(=O)/C=C/c1ccc(O)c(O)c1. The molecule has 2 aromatic rings. The van der Waals surface area contributed by atoms with E-state index in [9.17, 15) is 30.0 Å². The number of rotatable bonds is 6. The van der Waals surface area contributed by atoms with Gasteiger partial charge in [0.15, 0.2) is 35.4 Å². The molecule has 0 aliphatic rings. The Bertz CT molecular complexity index is 811. The van der Waals surface area contributed by atoms with E-state index in [4.69, 9.17) is 4.74 Å². The van der Waals surface area contributed by atoms with Crippen LogP contribution in [0.3, 0.4) is 0 Å². The number of carbonyl (C=O) groups is 2. The van der Waals surface area contributed by atoms with Crippen LogP contribution in [-0.2, 0) is 20.7 Å². The van der Waals surface area contributed by atoms with E-state index in [0.29, 0.717) is 17.4 Å². The number of esters is 1. The lowest BCUT2D eigenvalue weighted by molar-refractivity contribution is -0.146. The molecule has 0 aliphatic carbocycles. The van der Waals surface area contributed by atoms with E-state index in [1.165, 1.54) is 42.5 Å². The molecular formula is C18H16O7. The molecule has 0 saturated heterocycles. The van der Waals surface area contributed by atoms with E-state index >= 15 is 0 Å². The minimum absolute atomic E-state index is 0.0386. The first-order valence-electron chi connectivity index (χ1n) is 7.26. The predicted molar refractivity (Wildman–Crippen MR) is 88.2 cm³/mol. The third-order valence-corrected chi connectivity index (χ3v) is 3.31. The summed E-state index contributed by atoms with van der Waals surface area (Å²) in [7, 11) is 0. The van der Waals surface area contributed by atoms with Crippen molar-refractivity contribution in [3.63, 3.8) is 0 Å². The van der Waals surface area contributed by atoms with Gasteiger partial charge >= 0.3 is 5.97 Å². The van der Waals surface area contributed by atoms with Gasteiger partial charge in [0.05, 0.1) is 0 Å². The Labute approximate surface area is 143 Å². The summed E-state index contributed by atoms with van der Waals surface area (Å²) in [6.07, 6.45) is 1.87. The molecule has 0 heterocycles. The number of ether oxygens (including phenoxy) is 1. The van der Waals surface area contributed by atoms with Crippen molar-refractivity contribution < 1.29 is 34.8 Å². The Morgan fingerprint density at radius 1 is 0.960 bits per heavy atom. The molecule has 0 spiro atoms. The molecule has 0 bridgehead atoms. The van der Waals surface area contributed by atoms with Gasteiger partial charge < -0.3 is 25.2 Å². The average molecular weight is 344 g/mol. The van der Waals surface area contributed by atoms with Crippen LogP contribution in [0.2, 0.25) is 0 Å². The highest BCUT2D eigenvalue weighted by Crippen LogP contribution is 2.26. The maximum absolute atomic E-state index is 11.8. The van der Waals surface area contributed by atoms with Crippen molar-refractivity contribution in [2.24, 2.45) is 0 Å². The highest BCUT2D eigenvalue weighted by Gasteiger charge is 2.14. The van der Waals surface area contributed by atoms with Gasteiger partial charge in [0.25, 0.3) is 0 Å². The number of carbonyl (C=O) groups excluding carboxylic acids is 2. The first-order valence-corrected chi connectivity index (χ1v) is 7.26. The van der Waals surface area contributed by atoms with Crippen molar-refractivity contribution in [2.45, 2.75) is 12.5 Å². The fourth-order valence-corrected chi connectivity index (χ4v) is 2.04. The number of aldehydes is 1. The van der Waals surface area contributed by atoms with E-state index in [0.717, 1.165) is 6.08 Å². The Hall–Kier alpha value is -3.48. The number of phenolic OH excluding ortho intramolecular Hbond substituents is 4. The number of aromatic hydroxyl groups is 4. The second-order valence-electron chi connectivity index (χ2n) is 5.22. The lowest BCUT2D eigenvalue weighted by Crippen LogP contribution is -2.20. The van der Waals surface area contributed by atoms with Crippen molar-refractivity contribution in [1.82, 2.24) is 0 Å². The first-order chi connectivity index (χ1) is 11.9. The largest absolute Gasteiger partial charge is 0.504 e. The van der Waals surface area contributed by atoms with Crippen LogP contribution in [0, 0.1) is 0 Å². The molecule has 0 saturated carbocycles. The summed E-state index contributed by atoms with van der Waals surface area (Å²) in [6, 6.07) is 8.05. The smallest absolute Gasteiger partial charge is 0.331 e. The van der Waals surface area contributed by atoms with Gasteiger partial charge in [-0.25, -0.2) is 4.79 Å². The van der Waals surface area contributed by atoms with E-state index in [1.807, 2.05) is 0 Å². The topological polar surface area (TPSA) is 124 Å². The molecule has 7 heteroatoms. The van der Waals surface area contributed by atoms with Gasteiger partial charge in [0.2, 0.25) is 0 Å². The zero-order valence-corrected chi connectivity index (χ0v) is 13.0. The van der Waals surface area contributed by atoms with Gasteiger partial charge in [-0.2, -0.15) is 0 Å². The third-order valence-electron chi connectivity index (χ3n) is 3.31. The zero-order valence-electron chi connectivity index (χ0n) is 13.0.